The van der Waals surface area contributed by atoms with Gasteiger partial charge in [-0.1, -0.05) is 11.6 Å². The van der Waals surface area contributed by atoms with Crippen LogP contribution in [-0.2, 0) is 4.79 Å². The molecule has 0 spiro atoms. The maximum atomic E-state index is 13.1. The first kappa shape index (κ1) is 18.1. The van der Waals surface area contributed by atoms with E-state index in [1.54, 1.807) is 4.90 Å². The van der Waals surface area contributed by atoms with Crippen LogP contribution >= 0.6 is 11.6 Å². The number of nitrogens with one attached hydrogen (secondary N) is 1. The first-order valence-corrected chi connectivity index (χ1v) is 9.15. The van der Waals surface area contributed by atoms with Gasteiger partial charge in [-0.15, -0.1) is 0 Å². The second-order valence-electron chi connectivity index (χ2n) is 6.69. The van der Waals surface area contributed by atoms with E-state index in [1.165, 1.54) is 12.1 Å². The molecule has 2 amide bonds. The van der Waals surface area contributed by atoms with Gasteiger partial charge in [0.15, 0.2) is 0 Å². The summed E-state index contributed by atoms with van der Waals surface area (Å²) < 4.78 is 13.1. The minimum Gasteiger partial charge on any atom is -0.339 e. The van der Waals surface area contributed by atoms with E-state index < -0.39 is 5.82 Å². The molecule has 25 heavy (non-hydrogen) atoms. The fourth-order valence-electron chi connectivity index (χ4n) is 3.44. The van der Waals surface area contributed by atoms with Crippen LogP contribution in [0.3, 0.4) is 0 Å². The third-order valence-electron chi connectivity index (χ3n) is 5.01. The molecule has 2 aliphatic heterocycles. The number of amides is 2. The molecule has 1 unspecified atom stereocenters. The molecule has 2 aliphatic rings. The van der Waals surface area contributed by atoms with Crippen molar-refractivity contribution in [3.05, 3.63) is 34.6 Å². The first-order valence-electron chi connectivity index (χ1n) is 8.77. The summed E-state index contributed by atoms with van der Waals surface area (Å²) >= 11 is 5.97. The van der Waals surface area contributed by atoms with Gasteiger partial charge in [0.05, 0.1) is 10.6 Å². The van der Waals surface area contributed by atoms with E-state index in [-0.39, 0.29) is 16.8 Å². The summed E-state index contributed by atoms with van der Waals surface area (Å²) in [6.07, 6.45) is 2.65. The van der Waals surface area contributed by atoms with E-state index in [0.29, 0.717) is 44.1 Å². The van der Waals surface area contributed by atoms with Crippen molar-refractivity contribution in [2.75, 3.05) is 39.3 Å². The van der Waals surface area contributed by atoms with Crippen LogP contribution in [0, 0.1) is 11.7 Å². The second-order valence-corrected chi connectivity index (χ2v) is 7.10. The maximum absolute atomic E-state index is 13.1. The Labute approximate surface area is 152 Å². The molecule has 1 aromatic rings. The van der Waals surface area contributed by atoms with Gasteiger partial charge in [-0.3, -0.25) is 9.59 Å². The van der Waals surface area contributed by atoms with Crippen molar-refractivity contribution in [2.24, 2.45) is 5.92 Å². The van der Waals surface area contributed by atoms with Gasteiger partial charge >= 0.3 is 0 Å². The fourth-order valence-corrected chi connectivity index (χ4v) is 3.69. The summed E-state index contributed by atoms with van der Waals surface area (Å²) in [6.45, 7) is 4.07. The Balaban J connectivity index is 1.49. The van der Waals surface area contributed by atoms with Gasteiger partial charge in [-0.05, 0) is 50.0 Å². The number of carbonyl (C=O) groups excluding carboxylic acids is 2. The number of nitrogens with zero attached hydrogens (tertiary/aromatic N) is 2. The lowest BCUT2D eigenvalue weighted by atomic mass is 10.0. The molecule has 2 fully saturated rings. The van der Waals surface area contributed by atoms with Crippen LogP contribution in [-0.4, -0.2) is 60.9 Å². The normalized spacial score (nSPS) is 20.8. The van der Waals surface area contributed by atoms with Crippen molar-refractivity contribution in [1.82, 2.24) is 15.1 Å². The average Bonchev–Trinajstić information content (AvgIpc) is 3.13. The van der Waals surface area contributed by atoms with E-state index in [0.717, 1.165) is 32.0 Å². The standard InChI is InChI=1S/C18H23ClFN3O2/c19-16-11-14(20)2-3-15(16)18(25)23-9-7-22(8-10-23)17(24)4-1-13-5-6-21-12-13/h2-3,11,13,21H,1,4-10,12H2. The van der Waals surface area contributed by atoms with Gasteiger partial charge in [-0.2, -0.15) is 0 Å². The highest BCUT2D eigenvalue weighted by Crippen LogP contribution is 2.20. The monoisotopic (exact) mass is 367 g/mol. The molecule has 1 aromatic carbocycles. The number of halogens is 2. The predicted molar refractivity (Wildman–Crippen MR) is 94.1 cm³/mol. The van der Waals surface area contributed by atoms with Crippen LogP contribution in [0.25, 0.3) is 0 Å². The number of rotatable bonds is 4. The van der Waals surface area contributed by atoms with Gasteiger partial charge in [0.2, 0.25) is 5.91 Å². The van der Waals surface area contributed by atoms with Crippen molar-refractivity contribution in [2.45, 2.75) is 19.3 Å². The summed E-state index contributed by atoms with van der Waals surface area (Å²) in [7, 11) is 0. The molecule has 136 valence electrons. The van der Waals surface area contributed by atoms with E-state index in [1.807, 2.05) is 4.90 Å². The van der Waals surface area contributed by atoms with Gasteiger partial charge in [0.1, 0.15) is 5.82 Å². The molecule has 7 heteroatoms. The van der Waals surface area contributed by atoms with Gasteiger partial charge in [0.25, 0.3) is 5.91 Å². The average molecular weight is 368 g/mol. The topological polar surface area (TPSA) is 52.7 Å². The van der Waals surface area contributed by atoms with Crippen LogP contribution in [0.4, 0.5) is 4.39 Å². The molecule has 2 saturated heterocycles. The van der Waals surface area contributed by atoms with E-state index in [4.69, 9.17) is 11.6 Å². The molecular weight excluding hydrogens is 345 g/mol. The minimum absolute atomic E-state index is 0.119. The Morgan fingerprint density at radius 3 is 2.56 bits per heavy atom. The molecule has 0 radical (unpaired) electrons. The Kier molecular flexibility index (Phi) is 5.91. The van der Waals surface area contributed by atoms with Crippen LogP contribution in [0.15, 0.2) is 18.2 Å². The quantitative estimate of drug-likeness (QED) is 0.887. The lowest BCUT2D eigenvalue weighted by molar-refractivity contribution is -0.132. The highest BCUT2D eigenvalue weighted by Gasteiger charge is 2.26. The molecule has 0 aromatic heterocycles. The molecule has 0 bridgehead atoms. The number of piperazine rings is 1. The smallest absolute Gasteiger partial charge is 0.255 e. The van der Waals surface area contributed by atoms with Crippen LogP contribution in [0.5, 0.6) is 0 Å². The first-order chi connectivity index (χ1) is 12.0. The summed E-state index contributed by atoms with van der Waals surface area (Å²) in [5.41, 5.74) is 0.302. The zero-order chi connectivity index (χ0) is 17.8. The van der Waals surface area contributed by atoms with Gasteiger partial charge in [-0.25, -0.2) is 4.39 Å². The Morgan fingerprint density at radius 1 is 1.20 bits per heavy atom. The summed E-state index contributed by atoms with van der Waals surface area (Å²) in [6, 6.07) is 3.79. The maximum Gasteiger partial charge on any atom is 0.255 e. The fraction of sp³-hybridized carbons (Fsp3) is 0.556. The summed E-state index contributed by atoms with van der Waals surface area (Å²) in [5.74, 6) is 0.0924. The van der Waals surface area contributed by atoms with Crippen LogP contribution < -0.4 is 5.32 Å². The molecule has 1 atom stereocenters. The highest BCUT2D eigenvalue weighted by molar-refractivity contribution is 6.33. The van der Waals surface area contributed by atoms with E-state index in [9.17, 15) is 14.0 Å². The van der Waals surface area contributed by atoms with Crippen molar-refractivity contribution < 1.29 is 14.0 Å². The van der Waals surface area contributed by atoms with Gasteiger partial charge in [0, 0.05) is 32.6 Å². The highest BCUT2D eigenvalue weighted by atomic mass is 35.5. The predicted octanol–water partition coefficient (Wildman–Crippen LogP) is 2.15. The summed E-state index contributed by atoms with van der Waals surface area (Å²) in [5, 5.41) is 3.43. The SMILES string of the molecule is O=C(CCC1CCNC1)N1CCN(C(=O)c2ccc(F)cc2Cl)CC1. The second kappa shape index (κ2) is 8.15. The Hall–Kier alpha value is -1.66. The molecule has 3 rings (SSSR count). The van der Waals surface area contributed by atoms with E-state index >= 15 is 0 Å². The Morgan fingerprint density at radius 2 is 1.92 bits per heavy atom. The lowest BCUT2D eigenvalue weighted by Gasteiger charge is -2.35. The van der Waals surface area contributed by atoms with E-state index in [2.05, 4.69) is 5.32 Å². The lowest BCUT2D eigenvalue weighted by Crippen LogP contribution is -2.50. The molecular formula is C18H23ClFN3O2. The summed E-state index contributed by atoms with van der Waals surface area (Å²) in [4.78, 5) is 28.4. The molecule has 0 aliphatic carbocycles. The van der Waals surface area contributed by atoms with Gasteiger partial charge < -0.3 is 15.1 Å². The third-order valence-corrected chi connectivity index (χ3v) is 5.32. The number of carbonyl (C=O) groups is 2. The van der Waals surface area contributed by atoms with Crippen molar-refractivity contribution in [3.8, 4) is 0 Å². The third kappa shape index (κ3) is 4.50. The zero-order valence-electron chi connectivity index (χ0n) is 14.1. The number of benzene rings is 1. The number of hydrogen-bond donors (Lipinski definition) is 1. The molecule has 0 saturated carbocycles. The van der Waals surface area contributed by atoms with Crippen molar-refractivity contribution in [3.63, 3.8) is 0 Å². The molecule has 5 nitrogen and oxygen atoms in total. The van der Waals surface area contributed by atoms with Crippen molar-refractivity contribution in [1.29, 1.82) is 0 Å². The molecule has 2 heterocycles. The molecule has 1 N–H and O–H groups in total. The van der Waals surface area contributed by atoms with Crippen molar-refractivity contribution >= 4 is 23.4 Å². The minimum atomic E-state index is -0.463. The van der Waals surface area contributed by atoms with Crippen LogP contribution in [0.1, 0.15) is 29.6 Å². The van der Waals surface area contributed by atoms with Crippen LogP contribution in [0.2, 0.25) is 5.02 Å². The number of hydrogen-bond acceptors (Lipinski definition) is 3. The zero-order valence-corrected chi connectivity index (χ0v) is 14.9. The Bertz CT molecular complexity index is 641. The largest absolute Gasteiger partial charge is 0.339 e.